The van der Waals surface area contributed by atoms with Gasteiger partial charge in [0.15, 0.2) is 0 Å². The van der Waals surface area contributed by atoms with Crippen molar-refractivity contribution in [3.63, 3.8) is 0 Å². The number of nitrogens with one attached hydrogen (secondary N) is 1. The number of thioether (sulfide) groups is 1. The van der Waals surface area contributed by atoms with Crippen LogP contribution in [0, 0.1) is 5.92 Å². The Hall–Kier alpha value is -1.21. The van der Waals surface area contributed by atoms with Crippen LogP contribution < -0.4 is 5.32 Å². The third kappa shape index (κ3) is 2.78. The quantitative estimate of drug-likeness (QED) is 0.894. The van der Waals surface area contributed by atoms with Crippen LogP contribution in [0.15, 0.2) is 16.8 Å². The van der Waals surface area contributed by atoms with Crippen molar-refractivity contribution in [1.82, 2.24) is 10.2 Å². The van der Waals surface area contributed by atoms with E-state index in [1.54, 1.807) is 23.1 Å². The number of hydrogen-bond donors (Lipinski definition) is 2. The minimum atomic E-state index is -0.911. The second-order valence-electron chi connectivity index (χ2n) is 5.11. The van der Waals surface area contributed by atoms with Crippen molar-refractivity contribution in [3.8, 4) is 0 Å². The fourth-order valence-corrected chi connectivity index (χ4v) is 4.68. The van der Waals surface area contributed by atoms with E-state index in [1.165, 1.54) is 4.90 Å². The third-order valence-electron chi connectivity index (χ3n) is 3.60. The minimum absolute atomic E-state index is 0.0265. The summed E-state index contributed by atoms with van der Waals surface area (Å²) in [4.78, 5) is 25.2. The summed E-state index contributed by atoms with van der Waals surface area (Å²) in [6.07, 6.45) is 2.19. The second-order valence-corrected chi connectivity index (χ2v) is 7.04. The highest BCUT2D eigenvalue weighted by Gasteiger charge is 2.48. The number of carboxylic acids is 1. The van der Waals surface area contributed by atoms with Crippen molar-refractivity contribution in [2.24, 2.45) is 5.92 Å². The van der Waals surface area contributed by atoms with Crippen LogP contribution in [0.25, 0.3) is 0 Å². The van der Waals surface area contributed by atoms with Crippen molar-refractivity contribution >= 4 is 35.1 Å². The third-order valence-corrected chi connectivity index (χ3v) is 5.80. The molecule has 5 nitrogen and oxygen atoms in total. The molecule has 7 heteroatoms. The maximum Gasteiger partial charge on any atom is 0.327 e. The predicted molar refractivity (Wildman–Crippen MR) is 78.8 cm³/mol. The van der Waals surface area contributed by atoms with Gasteiger partial charge in [0.1, 0.15) is 6.04 Å². The summed E-state index contributed by atoms with van der Waals surface area (Å²) < 4.78 is 0. The molecule has 2 heterocycles. The molecule has 108 valence electrons. The van der Waals surface area contributed by atoms with Gasteiger partial charge in [0, 0.05) is 12.3 Å². The SMILES string of the molecule is O=C(O)C1CSC(C2CC2)N1C(=O)NCc1ccsc1. The Morgan fingerprint density at radius 3 is 2.85 bits per heavy atom. The van der Waals surface area contributed by atoms with E-state index in [4.69, 9.17) is 0 Å². The van der Waals surface area contributed by atoms with E-state index in [1.807, 2.05) is 16.8 Å². The Morgan fingerprint density at radius 2 is 2.25 bits per heavy atom. The van der Waals surface area contributed by atoms with E-state index in [0.29, 0.717) is 18.2 Å². The average molecular weight is 312 g/mol. The standard InChI is InChI=1S/C13H16N2O3S2/c16-12(17)10-7-20-11(9-1-2-9)15(10)13(18)14-5-8-3-4-19-6-8/h3-4,6,9-11H,1-2,5,7H2,(H,14,18)(H,16,17). The molecule has 2 amide bonds. The molecule has 1 aliphatic carbocycles. The summed E-state index contributed by atoms with van der Waals surface area (Å²) in [5.41, 5.74) is 1.05. The van der Waals surface area contributed by atoms with Crippen LogP contribution >= 0.6 is 23.1 Å². The molecule has 0 spiro atoms. The molecule has 0 aromatic carbocycles. The fourth-order valence-electron chi connectivity index (χ4n) is 2.38. The van der Waals surface area contributed by atoms with Crippen LogP contribution in [0.4, 0.5) is 4.79 Å². The molecule has 3 rings (SSSR count). The van der Waals surface area contributed by atoms with Gasteiger partial charge < -0.3 is 10.4 Å². The lowest BCUT2D eigenvalue weighted by Crippen LogP contribution is -2.50. The van der Waals surface area contributed by atoms with Crippen molar-refractivity contribution in [1.29, 1.82) is 0 Å². The molecule has 20 heavy (non-hydrogen) atoms. The largest absolute Gasteiger partial charge is 0.480 e. The monoisotopic (exact) mass is 312 g/mol. The van der Waals surface area contributed by atoms with Gasteiger partial charge in [0.05, 0.1) is 5.37 Å². The van der Waals surface area contributed by atoms with Crippen molar-refractivity contribution < 1.29 is 14.7 Å². The van der Waals surface area contributed by atoms with Gasteiger partial charge in [-0.3, -0.25) is 4.90 Å². The van der Waals surface area contributed by atoms with E-state index in [2.05, 4.69) is 5.32 Å². The van der Waals surface area contributed by atoms with Crippen LogP contribution in [0.5, 0.6) is 0 Å². The van der Waals surface area contributed by atoms with Gasteiger partial charge in [-0.2, -0.15) is 11.3 Å². The van der Waals surface area contributed by atoms with E-state index in [9.17, 15) is 14.7 Å². The van der Waals surface area contributed by atoms with E-state index < -0.39 is 12.0 Å². The first-order valence-corrected chi connectivity index (χ1v) is 8.57. The summed E-state index contributed by atoms with van der Waals surface area (Å²) in [5.74, 6) is 0.0464. The minimum Gasteiger partial charge on any atom is -0.480 e. The van der Waals surface area contributed by atoms with E-state index in [-0.39, 0.29) is 11.4 Å². The normalized spacial score (nSPS) is 25.7. The Morgan fingerprint density at radius 1 is 1.45 bits per heavy atom. The number of nitrogens with zero attached hydrogens (tertiary/aromatic N) is 1. The first-order valence-electron chi connectivity index (χ1n) is 6.58. The predicted octanol–water partition coefficient (Wildman–Crippen LogP) is 2.20. The summed E-state index contributed by atoms with van der Waals surface area (Å²) in [7, 11) is 0. The number of urea groups is 1. The number of thiophene rings is 1. The van der Waals surface area contributed by atoms with Crippen LogP contribution in [0.1, 0.15) is 18.4 Å². The lowest BCUT2D eigenvalue weighted by molar-refractivity contribution is -0.141. The first kappa shape index (κ1) is 13.8. The molecule has 2 atom stereocenters. The highest BCUT2D eigenvalue weighted by Crippen LogP contribution is 2.45. The lowest BCUT2D eigenvalue weighted by Gasteiger charge is -2.27. The molecular weight excluding hydrogens is 296 g/mol. The number of aliphatic carboxylic acids is 1. The molecule has 1 aromatic rings. The molecule has 0 bridgehead atoms. The molecule has 2 aliphatic rings. The van der Waals surface area contributed by atoms with Crippen LogP contribution in [0.3, 0.4) is 0 Å². The molecule has 2 N–H and O–H groups in total. The Balaban J connectivity index is 1.67. The Labute approximate surface area is 125 Å². The van der Waals surface area contributed by atoms with E-state index in [0.717, 1.165) is 18.4 Å². The number of carboxylic acid groups (broad SMARTS) is 1. The average Bonchev–Trinajstić information content (AvgIpc) is 2.97. The topological polar surface area (TPSA) is 69.6 Å². The molecular formula is C13H16N2O3S2. The molecule has 1 saturated heterocycles. The lowest BCUT2D eigenvalue weighted by atomic mass is 10.2. The molecule has 1 aliphatic heterocycles. The smallest absolute Gasteiger partial charge is 0.327 e. The van der Waals surface area contributed by atoms with Crippen molar-refractivity contribution in [2.75, 3.05) is 5.75 Å². The van der Waals surface area contributed by atoms with Gasteiger partial charge >= 0.3 is 12.0 Å². The number of carbonyl (C=O) groups excluding carboxylic acids is 1. The first-order chi connectivity index (χ1) is 9.66. The highest BCUT2D eigenvalue weighted by atomic mass is 32.2. The zero-order valence-electron chi connectivity index (χ0n) is 10.8. The van der Waals surface area contributed by atoms with Crippen LogP contribution in [-0.4, -0.2) is 39.2 Å². The highest BCUT2D eigenvalue weighted by molar-refractivity contribution is 8.00. The summed E-state index contributed by atoms with van der Waals surface area (Å²) in [5, 5.41) is 16.1. The van der Waals surface area contributed by atoms with Crippen molar-refractivity contribution in [3.05, 3.63) is 22.4 Å². The summed E-state index contributed by atoms with van der Waals surface area (Å²) >= 11 is 3.18. The number of amides is 2. The van der Waals surface area contributed by atoms with Crippen LogP contribution in [0.2, 0.25) is 0 Å². The maximum absolute atomic E-state index is 12.3. The molecule has 1 aromatic heterocycles. The van der Waals surface area contributed by atoms with Crippen LogP contribution in [-0.2, 0) is 11.3 Å². The second kappa shape index (κ2) is 5.65. The molecule has 0 radical (unpaired) electrons. The maximum atomic E-state index is 12.3. The zero-order valence-corrected chi connectivity index (χ0v) is 12.5. The Kier molecular flexibility index (Phi) is 3.89. The number of carbonyl (C=O) groups is 2. The summed E-state index contributed by atoms with van der Waals surface area (Å²) in [6, 6.07) is 0.995. The summed E-state index contributed by atoms with van der Waals surface area (Å²) in [6.45, 7) is 0.452. The molecule has 1 saturated carbocycles. The fraction of sp³-hybridized carbons (Fsp3) is 0.538. The van der Waals surface area contributed by atoms with E-state index >= 15 is 0 Å². The zero-order chi connectivity index (χ0) is 14.1. The molecule has 2 fully saturated rings. The molecule has 2 unspecified atom stereocenters. The van der Waals surface area contributed by atoms with Crippen molar-refractivity contribution in [2.45, 2.75) is 30.8 Å². The van der Waals surface area contributed by atoms with Gasteiger partial charge in [-0.15, -0.1) is 11.8 Å². The number of hydrogen-bond acceptors (Lipinski definition) is 4. The van der Waals surface area contributed by atoms with Gasteiger partial charge in [0.25, 0.3) is 0 Å². The van der Waals surface area contributed by atoms with Gasteiger partial charge in [-0.1, -0.05) is 0 Å². The van der Waals surface area contributed by atoms with Gasteiger partial charge in [-0.25, -0.2) is 9.59 Å². The van der Waals surface area contributed by atoms with Gasteiger partial charge in [0.2, 0.25) is 0 Å². The van der Waals surface area contributed by atoms with Gasteiger partial charge in [-0.05, 0) is 41.1 Å². The Bertz CT molecular complexity index is 502. The number of rotatable bonds is 4.